The molecule has 3 nitrogen and oxygen atoms in total. The molecule has 1 aliphatic rings. The van der Waals surface area contributed by atoms with Crippen LogP contribution in [0.2, 0.25) is 0 Å². The van der Waals surface area contributed by atoms with Crippen molar-refractivity contribution in [2.75, 3.05) is 20.6 Å². The van der Waals surface area contributed by atoms with Gasteiger partial charge in [-0.15, -0.1) is 11.3 Å². The zero-order chi connectivity index (χ0) is 13.0. The topological polar surface area (TPSA) is 28.2 Å². The van der Waals surface area contributed by atoms with Gasteiger partial charge in [0.05, 0.1) is 11.2 Å². The summed E-state index contributed by atoms with van der Waals surface area (Å²) in [4.78, 5) is 6.75. The highest BCUT2D eigenvalue weighted by Crippen LogP contribution is 2.35. The molecule has 1 aliphatic carbocycles. The minimum absolute atomic E-state index is 0.341. The average Bonchev–Trinajstić information content (AvgIpc) is 2.82. The van der Waals surface area contributed by atoms with Crippen LogP contribution in [-0.2, 0) is 6.54 Å². The second-order valence-corrected chi connectivity index (χ2v) is 6.62. The van der Waals surface area contributed by atoms with Gasteiger partial charge in [-0.05, 0) is 32.9 Å². The second kappa shape index (κ2) is 6.13. The van der Waals surface area contributed by atoms with Crippen LogP contribution in [0.4, 0.5) is 0 Å². The molecule has 4 heteroatoms. The molecule has 1 N–H and O–H groups in total. The molecule has 2 atom stereocenters. The first-order chi connectivity index (χ1) is 8.62. The van der Waals surface area contributed by atoms with Gasteiger partial charge >= 0.3 is 0 Å². The summed E-state index contributed by atoms with van der Waals surface area (Å²) in [6.07, 6.45) is 5.37. The molecular weight excluding hydrogens is 242 g/mol. The predicted molar refractivity (Wildman–Crippen MR) is 77.9 cm³/mol. The van der Waals surface area contributed by atoms with Gasteiger partial charge in [0, 0.05) is 24.0 Å². The maximum absolute atomic E-state index is 4.32. The molecule has 0 aromatic carbocycles. The van der Waals surface area contributed by atoms with Crippen LogP contribution in [0.3, 0.4) is 0 Å². The van der Waals surface area contributed by atoms with E-state index in [9.17, 15) is 0 Å². The van der Waals surface area contributed by atoms with Gasteiger partial charge in [0.25, 0.3) is 0 Å². The number of hydrogen-bond acceptors (Lipinski definition) is 4. The fourth-order valence-corrected chi connectivity index (χ4v) is 3.66. The lowest BCUT2D eigenvalue weighted by molar-refractivity contribution is 0.0749. The average molecular weight is 267 g/mol. The molecule has 1 aromatic rings. The standard InChI is InChI=1S/C14H25N3S/c1-12-5-4-6-14(7-12,17(2)3)10-15-8-13-9-18-11-16-13/h9,11-12,15H,4-8,10H2,1-3H3. The maximum Gasteiger partial charge on any atom is 0.0795 e. The molecule has 18 heavy (non-hydrogen) atoms. The molecule has 0 radical (unpaired) electrons. The van der Waals surface area contributed by atoms with Crippen molar-refractivity contribution in [1.82, 2.24) is 15.2 Å². The van der Waals surface area contributed by atoms with E-state index in [0.29, 0.717) is 5.54 Å². The molecule has 1 saturated carbocycles. The predicted octanol–water partition coefficient (Wildman–Crippen LogP) is 2.74. The van der Waals surface area contributed by atoms with Crippen molar-refractivity contribution in [2.45, 2.75) is 44.7 Å². The summed E-state index contributed by atoms with van der Waals surface area (Å²) in [6.45, 7) is 4.35. The third-order valence-electron chi connectivity index (χ3n) is 4.26. The highest BCUT2D eigenvalue weighted by molar-refractivity contribution is 7.07. The van der Waals surface area contributed by atoms with Crippen LogP contribution in [0.5, 0.6) is 0 Å². The van der Waals surface area contributed by atoms with Gasteiger partial charge in [-0.3, -0.25) is 0 Å². The van der Waals surface area contributed by atoms with Gasteiger partial charge in [-0.1, -0.05) is 19.8 Å². The van der Waals surface area contributed by atoms with Gasteiger partial charge in [-0.2, -0.15) is 0 Å². The van der Waals surface area contributed by atoms with Crippen molar-refractivity contribution in [3.8, 4) is 0 Å². The summed E-state index contributed by atoms with van der Waals surface area (Å²) in [5, 5.41) is 5.73. The van der Waals surface area contributed by atoms with Crippen LogP contribution in [-0.4, -0.2) is 36.1 Å². The Labute approximate surface area is 115 Å². The van der Waals surface area contributed by atoms with E-state index in [1.807, 2.05) is 5.51 Å². The van der Waals surface area contributed by atoms with E-state index in [-0.39, 0.29) is 0 Å². The Morgan fingerprint density at radius 2 is 2.39 bits per heavy atom. The number of hydrogen-bond donors (Lipinski definition) is 1. The normalized spacial score (nSPS) is 28.8. The molecule has 0 aliphatic heterocycles. The Kier molecular flexibility index (Phi) is 4.76. The Hall–Kier alpha value is -0.450. The molecule has 0 saturated heterocycles. The summed E-state index contributed by atoms with van der Waals surface area (Å²) >= 11 is 1.67. The lowest BCUT2D eigenvalue weighted by Gasteiger charge is -2.45. The molecule has 0 bridgehead atoms. The molecule has 1 fully saturated rings. The monoisotopic (exact) mass is 267 g/mol. The van der Waals surface area contributed by atoms with E-state index in [1.54, 1.807) is 11.3 Å². The third kappa shape index (κ3) is 3.31. The minimum Gasteiger partial charge on any atom is -0.309 e. The van der Waals surface area contributed by atoms with Crippen molar-refractivity contribution in [1.29, 1.82) is 0 Å². The summed E-state index contributed by atoms with van der Waals surface area (Å²) < 4.78 is 0. The van der Waals surface area contributed by atoms with E-state index in [4.69, 9.17) is 0 Å². The Balaban J connectivity index is 1.89. The quantitative estimate of drug-likeness (QED) is 0.889. The van der Waals surface area contributed by atoms with Crippen molar-refractivity contribution < 1.29 is 0 Å². The molecule has 102 valence electrons. The Bertz CT molecular complexity index is 350. The number of thiazole rings is 1. The lowest BCUT2D eigenvalue weighted by atomic mass is 9.75. The zero-order valence-electron chi connectivity index (χ0n) is 11.8. The van der Waals surface area contributed by atoms with Crippen molar-refractivity contribution >= 4 is 11.3 Å². The highest BCUT2D eigenvalue weighted by Gasteiger charge is 2.36. The third-order valence-corrected chi connectivity index (χ3v) is 4.90. The van der Waals surface area contributed by atoms with Gasteiger partial charge in [0.15, 0.2) is 0 Å². The van der Waals surface area contributed by atoms with Crippen LogP contribution in [0, 0.1) is 5.92 Å². The molecule has 1 heterocycles. The number of aromatic nitrogens is 1. The number of rotatable bonds is 5. The molecular formula is C14H25N3S. The molecule has 2 rings (SSSR count). The van der Waals surface area contributed by atoms with Crippen LogP contribution in [0.25, 0.3) is 0 Å². The zero-order valence-corrected chi connectivity index (χ0v) is 12.6. The summed E-state index contributed by atoms with van der Waals surface area (Å²) in [7, 11) is 4.45. The van der Waals surface area contributed by atoms with Gasteiger partial charge in [-0.25, -0.2) is 4.98 Å². The van der Waals surface area contributed by atoms with Crippen molar-refractivity contribution in [3.05, 3.63) is 16.6 Å². The fraction of sp³-hybridized carbons (Fsp3) is 0.786. The fourth-order valence-electron chi connectivity index (χ4n) is 3.11. The van der Waals surface area contributed by atoms with Gasteiger partial charge < -0.3 is 10.2 Å². The number of nitrogens with one attached hydrogen (secondary N) is 1. The summed E-state index contributed by atoms with van der Waals surface area (Å²) in [6, 6.07) is 0. The van der Waals surface area contributed by atoms with E-state index >= 15 is 0 Å². The van der Waals surface area contributed by atoms with E-state index in [2.05, 4.69) is 41.6 Å². The van der Waals surface area contributed by atoms with Crippen LogP contribution in [0.1, 0.15) is 38.3 Å². The van der Waals surface area contributed by atoms with Crippen LogP contribution < -0.4 is 5.32 Å². The van der Waals surface area contributed by atoms with Crippen molar-refractivity contribution in [3.63, 3.8) is 0 Å². The maximum atomic E-state index is 4.32. The van der Waals surface area contributed by atoms with E-state index in [1.165, 1.54) is 25.7 Å². The minimum atomic E-state index is 0.341. The van der Waals surface area contributed by atoms with Crippen LogP contribution >= 0.6 is 11.3 Å². The SMILES string of the molecule is CC1CCCC(CNCc2cscn2)(N(C)C)C1. The Morgan fingerprint density at radius 1 is 1.56 bits per heavy atom. The highest BCUT2D eigenvalue weighted by atomic mass is 32.1. The van der Waals surface area contributed by atoms with E-state index < -0.39 is 0 Å². The van der Waals surface area contributed by atoms with Gasteiger partial charge in [0.1, 0.15) is 0 Å². The molecule has 1 aromatic heterocycles. The first-order valence-corrected chi connectivity index (χ1v) is 7.82. The summed E-state index contributed by atoms with van der Waals surface area (Å²) in [5.41, 5.74) is 3.41. The molecule has 2 unspecified atom stereocenters. The first kappa shape index (κ1) is 14.0. The summed E-state index contributed by atoms with van der Waals surface area (Å²) in [5.74, 6) is 0.849. The lowest BCUT2D eigenvalue weighted by Crippen LogP contribution is -2.54. The van der Waals surface area contributed by atoms with Crippen LogP contribution in [0.15, 0.2) is 10.9 Å². The second-order valence-electron chi connectivity index (χ2n) is 5.90. The van der Waals surface area contributed by atoms with Gasteiger partial charge in [0.2, 0.25) is 0 Å². The van der Waals surface area contributed by atoms with Crippen molar-refractivity contribution in [2.24, 2.45) is 5.92 Å². The molecule has 0 spiro atoms. The smallest absolute Gasteiger partial charge is 0.0795 e. The van der Waals surface area contributed by atoms with E-state index in [0.717, 1.165) is 24.7 Å². The molecule has 0 amide bonds. The number of likely N-dealkylation sites (N-methyl/N-ethyl adjacent to an activating group) is 1. The Morgan fingerprint density at radius 3 is 3.00 bits per heavy atom. The first-order valence-electron chi connectivity index (χ1n) is 6.88. The number of nitrogens with zero attached hydrogens (tertiary/aromatic N) is 2. The largest absolute Gasteiger partial charge is 0.309 e.